The van der Waals surface area contributed by atoms with Crippen molar-refractivity contribution in [1.82, 2.24) is 19.7 Å². The van der Waals surface area contributed by atoms with Crippen molar-refractivity contribution >= 4 is 23.4 Å². The van der Waals surface area contributed by atoms with E-state index in [4.69, 9.17) is 5.73 Å². The molecule has 0 aromatic carbocycles. The molecule has 0 spiro atoms. The monoisotopic (exact) mass is 407 g/mol. The third-order valence-corrected chi connectivity index (χ3v) is 5.40. The number of allylic oxidation sites excluding steroid dienone is 1. The summed E-state index contributed by atoms with van der Waals surface area (Å²) in [4.78, 5) is 19.7. The number of nitrogens with two attached hydrogens (primary N) is 1. The van der Waals surface area contributed by atoms with Crippen molar-refractivity contribution in [2.75, 3.05) is 10.6 Å². The van der Waals surface area contributed by atoms with Crippen LogP contribution in [0.1, 0.15) is 18.9 Å². The van der Waals surface area contributed by atoms with Crippen molar-refractivity contribution in [2.24, 2.45) is 23.5 Å². The molecular formula is C18H20F3N7O. The Kier molecular flexibility index (Phi) is 4.67. The first kappa shape index (κ1) is 19.2. The van der Waals surface area contributed by atoms with Gasteiger partial charge in [-0.05, 0) is 25.2 Å². The summed E-state index contributed by atoms with van der Waals surface area (Å²) in [6.07, 6.45) is 3.79. The van der Waals surface area contributed by atoms with E-state index in [2.05, 4.69) is 25.7 Å². The number of halogens is 3. The number of primary amides is 1. The molecule has 154 valence electrons. The molecule has 0 radical (unpaired) electrons. The van der Waals surface area contributed by atoms with Gasteiger partial charge < -0.3 is 16.4 Å². The maximum absolute atomic E-state index is 13.5. The SMILES string of the molecule is CCn1cc(Nc2ncc(C(F)(F)F)c(N[C@H]3[C@@H](C(N)=O)[C@@H]4C=C[C@H]3C4)n2)cn1. The second-order valence-corrected chi connectivity index (χ2v) is 7.21. The first-order valence-corrected chi connectivity index (χ1v) is 9.24. The molecule has 2 aliphatic carbocycles. The van der Waals surface area contributed by atoms with Gasteiger partial charge in [0.15, 0.2) is 0 Å². The van der Waals surface area contributed by atoms with Gasteiger partial charge in [0.05, 0.1) is 17.8 Å². The van der Waals surface area contributed by atoms with Crippen molar-refractivity contribution < 1.29 is 18.0 Å². The van der Waals surface area contributed by atoms with Crippen molar-refractivity contribution in [3.8, 4) is 0 Å². The Morgan fingerprint density at radius 3 is 2.72 bits per heavy atom. The molecule has 2 aliphatic rings. The van der Waals surface area contributed by atoms with Crippen LogP contribution in [0, 0.1) is 17.8 Å². The molecule has 2 aromatic heterocycles. The van der Waals surface area contributed by atoms with E-state index in [0.29, 0.717) is 18.7 Å². The minimum Gasteiger partial charge on any atom is -0.369 e. The molecule has 4 N–H and O–H groups in total. The van der Waals surface area contributed by atoms with Crippen molar-refractivity contribution in [3.63, 3.8) is 0 Å². The lowest BCUT2D eigenvalue weighted by Crippen LogP contribution is -2.41. The van der Waals surface area contributed by atoms with E-state index >= 15 is 0 Å². The van der Waals surface area contributed by atoms with E-state index in [0.717, 1.165) is 6.20 Å². The topological polar surface area (TPSA) is 111 Å². The van der Waals surface area contributed by atoms with Crippen LogP contribution >= 0.6 is 0 Å². The molecule has 1 amide bonds. The Morgan fingerprint density at radius 2 is 2.07 bits per heavy atom. The third kappa shape index (κ3) is 3.64. The summed E-state index contributed by atoms with van der Waals surface area (Å²) in [6.45, 7) is 2.56. The zero-order valence-corrected chi connectivity index (χ0v) is 15.5. The van der Waals surface area contributed by atoms with Gasteiger partial charge in [0, 0.05) is 25.0 Å². The number of carbonyl (C=O) groups is 1. The van der Waals surface area contributed by atoms with E-state index in [1.54, 1.807) is 10.9 Å². The van der Waals surface area contributed by atoms with E-state index in [1.807, 2.05) is 19.1 Å². The molecular weight excluding hydrogens is 387 g/mol. The Labute approximate surface area is 164 Å². The number of fused-ring (bicyclic) bond motifs is 2. The number of aryl methyl sites for hydroxylation is 1. The lowest BCUT2D eigenvalue weighted by Gasteiger charge is -2.28. The molecule has 0 unspecified atom stereocenters. The number of rotatable bonds is 6. The van der Waals surface area contributed by atoms with Gasteiger partial charge in [-0.2, -0.15) is 23.3 Å². The molecule has 2 heterocycles. The van der Waals surface area contributed by atoms with Crippen LogP contribution in [-0.4, -0.2) is 31.7 Å². The summed E-state index contributed by atoms with van der Waals surface area (Å²) in [5, 5.41) is 9.78. The zero-order chi connectivity index (χ0) is 20.8. The average Bonchev–Trinajstić information content (AvgIpc) is 3.36. The van der Waals surface area contributed by atoms with Crippen LogP contribution in [0.2, 0.25) is 0 Å². The van der Waals surface area contributed by atoms with Gasteiger partial charge in [0.25, 0.3) is 0 Å². The Balaban J connectivity index is 1.64. The fourth-order valence-electron chi connectivity index (χ4n) is 4.05. The first-order valence-electron chi connectivity index (χ1n) is 9.24. The Morgan fingerprint density at radius 1 is 1.31 bits per heavy atom. The molecule has 1 saturated carbocycles. The lowest BCUT2D eigenvalue weighted by atomic mass is 9.88. The summed E-state index contributed by atoms with van der Waals surface area (Å²) in [5.41, 5.74) is 5.06. The molecule has 8 nitrogen and oxygen atoms in total. The highest BCUT2D eigenvalue weighted by Crippen LogP contribution is 2.45. The number of alkyl halides is 3. The number of nitrogens with zero attached hydrogens (tertiary/aromatic N) is 4. The molecule has 11 heteroatoms. The quantitative estimate of drug-likeness (QED) is 0.635. The number of anilines is 3. The fraction of sp³-hybridized carbons (Fsp3) is 0.444. The van der Waals surface area contributed by atoms with Gasteiger partial charge in [-0.25, -0.2) is 4.98 Å². The molecule has 4 rings (SSSR count). The number of hydrogen-bond acceptors (Lipinski definition) is 6. The van der Waals surface area contributed by atoms with Crippen LogP contribution in [0.25, 0.3) is 0 Å². The van der Waals surface area contributed by atoms with Gasteiger partial charge >= 0.3 is 6.18 Å². The van der Waals surface area contributed by atoms with Gasteiger partial charge in [0.1, 0.15) is 11.4 Å². The standard InChI is InChI=1S/C18H20F3N7O/c1-2-28-8-11(6-24-28)25-17-23-7-12(18(19,20)21)16(27-17)26-14-10-4-3-9(5-10)13(14)15(22)29/h3-4,6-10,13-14H,2,5H2,1H3,(H2,22,29)(H2,23,25,26,27)/t9-,10+,13+,14-/m1/s1. The molecule has 4 atom stereocenters. The highest BCUT2D eigenvalue weighted by molar-refractivity contribution is 5.80. The van der Waals surface area contributed by atoms with Gasteiger partial charge in [0.2, 0.25) is 11.9 Å². The summed E-state index contributed by atoms with van der Waals surface area (Å²) in [5.74, 6) is -1.65. The highest BCUT2D eigenvalue weighted by Gasteiger charge is 2.48. The van der Waals surface area contributed by atoms with Crippen LogP contribution < -0.4 is 16.4 Å². The normalized spacial score (nSPS) is 25.4. The van der Waals surface area contributed by atoms with Gasteiger partial charge in [-0.3, -0.25) is 9.48 Å². The minimum absolute atomic E-state index is 0.00882. The van der Waals surface area contributed by atoms with E-state index in [1.165, 1.54) is 6.20 Å². The van der Waals surface area contributed by atoms with Crippen LogP contribution in [0.4, 0.5) is 30.6 Å². The number of nitrogens with one attached hydrogen (secondary N) is 2. The van der Waals surface area contributed by atoms with E-state index in [9.17, 15) is 18.0 Å². The van der Waals surface area contributed by atoms with Crippen molar-refractivity contribution in [2.45, 2.75) is 32.1 Å². The third-order valence-electron chi connectivity index (χ3n) is 5.40. The summed E-state index contributed by atoms with van der Waals surface area (Å²) < 4.78 is 42.2. The minimum atomic E-state index is -4.65. The summed E-state index contributed by atoms with van der Waals surface area (Å²) >= 11 is 0. The molecule has 1 fully saturated rings. The Bertz CT molecular complexity index is 955. The maximum atomic E-state index is 13.5. The first-order chi connectivity index (χ1) is 13.8. The van der Waals surface area contributed by atoms with Crippen LogP contribution in [0.15, 0.2) is 30.7 Å². The average molecular weight is 407 g/mol. The number of hydrogen-bond donors (Lipinski definition) is 3. The lowest BCUT2D eigenvalue weighted by molar-refractivity contribution is -0.137. The largest absolute Gasteiger partial charge is 0.421 e. The fourth-order valence-corrected chi connectivity index (χ4v) is 4.05. The molecule has 0 aliphatic heterocycles. The van der Waals surface area contributed by atoms with Crippen molar-refractivity contribution in [3.05, 3.63) is 36.3 Å². The second kappa shape index (κ2) is 7.05. The Hall–Kier alpha value is -3.11. The van der Waals surface area contributed by atoms with Crippen LogP contribution in [-0.2, 0) is 17.5 Å². The predicted molar refractivity (Wildman–Crippen MR) is 99.0 cm³/mol. The van der Waals surface area contributed by atoms with Gasteiger partial charge in [-0.15, -0.1) is 0 Å². The second-order valence-electron chi connectivity index (χ2n) is 7.21. The molecule has 29 heavy (non-hydrogen) atoms. The number of carbonyl (C=O) groups excluding carboxylic acids is 1. The molecule has 2 bridgehead atoms. The van der Waals surface area contributed by atoms with Crippen LogP contribution in [0.5, 0.6) is 0 Å². The molecule has 0 saturated heterocycles. The predicted octanol–water partition coefficient (Wildman–Crippen LogP) is 2.54. The van der Waals surface area contributed by atoms with E-state index < -0.39 is 29.6 Å². The van der Waals surface area contributed by atoms with E-state index in [-0.39, 0.29) is 23.6 Å². The van der Waals surface area contributed by atoms with Gasteiger partial charge in [-0.1, -0.05) is 12.2 Å². The highest BCUT2D eigenvalue weighted by atomic mass is 19.4. The summed E-state index contributed by atoms with van der Waals surface area (Å²) in [7, 11) is 0. The number of amides is 1. The van der Waals surface area contributed by atoms with Crippen molar-refractivity contribution in [1.29, 1.82) is 0 Å². The summed E-state index contributed by atoms with van der Waals surface area (Å²) in [6, 6.07) is -0.547. The smallest absolute Gasteiger partial charge is 0.369 e. The molecule has 2 aromatic rings. The number of aromatic nitrogens is 4. The van der Waals surface area contributed by atoms with Crippen LogP contribution in [0.3, 0.4) is 0 Å². The maximum Gasteiger partial charge on any atom is 0.421 e. The zero-order valence-electron chi connectivity index (χ0n) is 15.5.